The molecule has 0 fully saturated rings. The molecule has 9 nitrogen and oxygen atoms in total. The van der Waals surface area contributed by atoms with Gasteiger partial charge < -0.3 is 4.74 Å². The van der Waals surface area contributed by atoms with Crippen molar-refractivity contribution in [1.29, 1.82) is 0 Å². The first kappa shape index (κ1) is 22.8. The lowest BCUT2D eigenvalue weighted by molar-refractivity contribution is 0.0475. The first-order chi connectivity index (χ1) is 14.6. The van der Waals surface area contributed by atoms with E-state index in [2.05, 4.69) is 14.8 Å². The fourth-order valence-electron chi connectivity index (χ4n) is 2.80. The van der Waals surface area contributed by atoms with Gasteiger partial charge in [-0.2, -0.15) is 5.10 Å². The minimum atomic E-state index is -3.25. The first-order valence-corrected chi connectivity index (χ1v) is 12.1. The van der Waals surface area contributed by atoms with Crippen LogP contribution in [0, 0.1) is 13.8 Å². The maximum Gasteiger partial charge on any atom is 0.340 e. The van der Waals surface area contributed by atoms with Gasteiger partial charge in [-0.3, -0.25) is 4.79 Å². The highest BCUT2D eigenvalue weighted by Gasteiger charge is 2.15. The molecule has 1 N–H and O–H groups in total. The number of carbonyl (C=O) groups is 2. The molecular weight excluding hydrogens is 440 g/mol. The number of Topliss-reactive ketones (excluding diaryl/α,β-unsaturated/α-hetero) is 1. The van der Waals surface area contributed by atoms with Crippen molar-refractivity contribution < 1.29 is 22.7 Å². The lowest BCUT2D eigenvalue weighted by Crippen LogP contribution is -2.24. The van der Waals surface area contributed by atoms with Crippen molar-refractivity contribution in [3.63, 3.8) is 0 Å². The minimum absolute atomic E-state index is 0.233. The third-order valence-corrected chi connectivity index (χ3v) is 6.13. The molecule has 31 heavy (non-hydrogen) atoms. The van der Waals surface area contributed by atoms with E-state index in [1.54, 1.807) is 28.9 Å². The SMILES string of the molecule is Cc1cc(C)n(-c2ccc(C(=O)OCC(=O)c3ccc(CCNS(C)(=O)=O)s3)cn2)n1. The number of thiophene rings is 1. The van der Waals surface area contributed by atoms with E-state index in [-0.39, 0.29) is 24.5 Å². The van der Waals surface area contributed by atoms with E-state index in [0.717, 1.165) is 22.5 Å². The summed E-state index contributed by atoms with van der Waals surface area (Å²) in [6.07, 6.45) is 2.95. The summed E-state index contributed by atoms with van der Waals surface area (Å²) in [6.45, 7) is 3.66. The average molecular weight is 463 g/mol. The predicted octanol–water partition coefficient (Wildman–Crippen LogP) is 2.08. The zero-order valence-corrected chi connectivity index (χ0v) is 18.9. The van der Waals surface area contributed by atoms with Gasteiger partial charge in [-0.1, -0.05) is 0 Å². The molecule has 0 atom stereocenters. The van der Waals surface area contributed by atoms with Crippen molar-refractivity contribution in [2.75, 3.05) is 19.4 Å². The lowest BCUT2D eigenvalue weighted by atomic mass is 10.3. The van der Waals surface area contributed by atoms with E-state index in [1.165, 1.54) is 17.5 Å². The number of nitrogens with one attached hydrogen (secondary N) is 1. The average Bonchev–Trinajstić information content (AvgIpc) is 3.31. The van der Waals surface area contributed by atoms with Gasteiger partial charge in [-0.15, -0.1) is 11.3 Å². The quantitative estimate of drug-likeness (QED) is 0.382. The minimum Gasteiger partial charge on any atom is -0.454 e. The van der Waals surface area contributed by atoms with Gasteiger partial charge in [0, 0.05) is 23.3 Å². The van der Waals surface area contributed by atoms with Crippen LogP contribution in [0.4, 0.5) is 0 Å². The van der Waals surface area contributed by atoms with Crippen LogP contribution in [0.5, 0.6) is 0 Å². The summed E-state index contributed by atoms with van der Waals surface area (Å²) in [5, 5.41) is 4.34. The fourth-order valence-corrected chi connectivity index (χ4v) is 4.20. The Labute approximate surface area is 184 Å². The second-order valence-electron chi connectivity index (χ2n) is 6.93. The molecule has 0 amide bonds. The fraction of sp³-hybridized carbons (Fsp3) is 0.300. The summed E-state index contributed by atoms with van der Waals surface area (Å²) in [4.78, 5) is 30.1. The van der Waals surface area contributed by atoms with Crippen molar-refractivity contribution in [3.05, 3.63) is 63.2 Å². The number of aromatic nitrogens is 3. The van der Waals surface area contributed by atoms with Crippen LogP contribution in [0.1, 0.15) is 36.3 Å². The number of pyridine rings is 1. The van der Waals surface area contributed by atoms with Crippen LogP contribution in [-0.2, 0) is 21.2 Å². The Kier molecular flexibility index (Phi) is 6.98. The van der Waals surface area contributed by atoms with Crippen molar-refractivity contribution in [2.45, 2.75) is 20.3 Å². The summed E-state index contributed by atoms with van der Waals surface area (Å²) in [7, 11) is -3.25. The van der Waals surface area contributed by atoms with Crippen LogP contribution in [0.15, 0.2) is 36.5 Å². The molecule has 0 aliphatic carbocycles. The van der Waals surface area contributed by atoms with E-state index in [9.17, 15) is 18.0 Å². The molecule has 0 aromatic carbocycles. The Morgan fingerprint density at radius 1 is 1.19 bits per heavy atom. The van der Waals surface area contributed by atoms with Crippen LogP contribution < -0.4 is 4.72 Å². The maximum absolute atomic E-state index is 12.3. The number of rotatable bonds is 9. The Hall–Kier alpha value is -2.89. The zero-order chi connectivity index (χ0) is 22.6. The molecule has 0 saturated heterocycles. The van der Waals surface area contributed by atoms with Gasteiger partial charge in [0.05, 0.1) is 22.4 Å². The number of ketones is 1. The van der Waals surface area contributed by atoms with Crippen molar-refractivity contribution in [1.82, 2.24) is 19.5 Å². The third-order valence-electron chi connectivity index (χ3n) is 4.22. The number of hydrogen-bond acceptors (Lipinski definition) is 8. The highest BCUT2D eigenvalue weighted by molar-refractivity contribution is 7.88. The summed E-state index contributed by atoms with van der Waals surface area (Å²) in [6, 6.07) is 8.55. The molecule has 3 aromatic heterocycles. The third kappa shape index (κ3) is 6.29. The Bertz CT molecular complexity index is 1200. The molecule has 0 spiro atoms. The number of esters is 1. The van der Waals surface area contributed by atoms with Gasteiger partial charge in [0.2, 0.25) is 15.8 Å². The summed E-state index contributed by atoms with van der Waals surface area (Å²) in [5.74, 6) is -0.391. The highest BCUT2D eigenvalue weighted by atomic mass is 32.2. The van der Waals surface area contributed by atoms with Crippen LogP contribution in [0.2, 0.25) is 0 Å². The number of sulfonamides is 1. The van der Waals surface area contributed by atoms with Crippen molar-refractivity contribution in [2.24, 2.45) is 0 Å². The molecule has 0 aliphatic rings. The number of nitrogens with zero attached hydrogens (tertiary/aromatic N) is 3. The van der Waals surface area contributed by atoms with Crippen LogP contribution in [0.25, 0.3) is 5.82 Å². The molecule has 3 aromatic rings. The van der Waals surface area contributed by atoms with E-state index >= 15 is 0 Å². The largest absolute Gasteiger partial charge is 0.454 e. The molecule has 0 saturated carbocycles. The van der Waals surface area contributed by atoms with Crippen molar-refractivity contribution >= 4 is 33.1 Å². The molecule has 3 heterocycles. The Balaban J connectivity index is 1.53. The Morgan fingerprint density at radius 2 is 1.97 bits per heavy atom. The molecule has 0 radical (unpaired) electrons. The van der Waals surface area contributed by atoms with Gasteiger partial charge in [0.1, 0.15) is 0 Å². The molecular formula is C20H22N4O5S2. The molecule has 3 rings (SSSR count). The van der Waals surface area contributed by atoms with Gasteiger partial charge in [-0.05, 0) is 50.6 Å². The maximum atomic E-state index is 12.3. The van der Waals surface area contributed by atoms with E-state index < -0.39 is 16.0 Å². The predicted molar refractivity (Wildman–Crippen MR) is 116 cm³/mol. The van der Waals surface area contributed by atoms with E-state index in [0.29, 0.717) is 17.1 Å². The van der Waals surface area contributed by atoms with Crippen LogP contribution >= 0.6 is 11.3 Å². The molecule has 0 unspecified atom stereocenters. The molecule has 0 bridgehead atoms. The first-order valence-electron chi connectivity index (χ1n) is 9.36. The molecule has 164 valence electrons. The monoisotopic (exact) mass is 462 g/mol. The zero-order valence-electron chi connectivity index (χ0n) is 17.3. The topological polar surface area (TPSA) is 120 Å². The van der Waals surface area contributed by atoms with E-state index in [4.69, 9.17) is 4.74 Å². The van der Waals surface area contributed by atoms with Gasteiger partial charge >= 0.3 is 5.97 Å². The summed E-state index contributed by atoms with van der Waals surface area (Å²) < 4.78 is 31.4. The second-order valence-corrected chi connectivity index (χ2v) is 9.93. The molecule has 0 aliphatic heterocycles. The number of aryl methyl sites for hydroxylation is 2. The number of ether oxygens (including phenoxy) is 1. The lowest BCUT2D eigenvalue weighted by Gasteiger charge is -2.06. The van der Waals surface area contributed by atoms with E-state index in [1.807, 2.05) is 19.9 Å². The smallest absolute Gasteiger partial charge is 0.340 e. The summed E-state index contributed by atoms with van der Waals surface area (Å²) >= 11 is 1.24. The molecule has 11 heteroatoms. The van der Waals surface area contributed by atoms with Crippen LogP contribution in [-0.4, -0.2) is 54.3 Å². The standard InChI is InChI=1S/C20H22N4O5S2/c1-13-10-14(2)24(23-13)19-7-4-15(11-21-19)20(26)29-12-17(25)18-6-5-16(30-18)8-9-22-31(3,27)28/h4-7,10-11,22H,8-9,12H2,1-3H3. The number of hydrogen-bond donors (Lipinski definition) is 1. The van der Waals surface area contributed by atoms with Gasteiger partial charge in [-0.25, -0.2) is 27.6 Å². The van der Waals surface area contributed by atoms with Crippen molar-refractivity contribution in [3.8, 4) is 5.82 Å². The van der Waals surface area contributed by atoms with Crippen LogP contribution in [0.3, 0.4) is 0 Å². The second kappa shape index (κ2) is 9.50. The van der Waals surface area contributed by atoms with Gasteiger partial charge in [0.15, 0.2) is 12.4 Å². The summed E-state index contributed by atoms with van der Waals surface area (Å²) in [5.41, 5.74) is 2.02. The van der Waals surface area contributed by atoms with Gasteiger partial charge in [0.25, 0.3) is 0 Å². The Morgan fingerprint density at radius 3 is 2.58 bits per heavy atom. The normalized spacial score (nSPS) is 11.5. The number of carbonyl (C=O) groups excluding carboxylic acids is 2. The highest BCUT2D eigenvalue weighted by Crippen LogP contribution is 2.18.